The van der Waals surface area contributed by atoms with Gasteiger partial charge in [0.2, 0.25) is 12.7 Å². The lowest BCUT2D eigenvalue weighted by atomic mass is 10.1. The van der Waals surface area contributed by atoms with Crippen LogP contribution >= 0.6 is 0 Å². The number of nitrogens with one attached hydrogen (secondary N) is 1. The number of carbonyl (C=O) groups is 1. The van der Waals surface area contributed by atoms with Gasteiger partial charge in [0.15, 0.2) is 11.5 Å². The normalized spacial score (nSPS) is 21.5. The van der Waals surface area contributed by atoms with Gasteiger partial charge in [-0.1, -0.05) is 30.3 Å². The van der Waals surface area contributed by atoms with Gasteiger partial charge in [-0.25, -0.2) is 5.43 Å². The van der Waals surface area contributed by atoms with Crippen molar-refractivity contribution in [3.63, 3.8) is 0 Å². The van der Waals surface area contributed by atoms with E-state index in [-0.39, 0.29) is 18.6 Å². The van der Waals surface area contributed by atoms with Crippen molar-refractivity contribution in [3.05, 3.63) is 59.7 Å². The minimum Gasteiger partial charge on any atom is -0.454 e. The fraction of sp³-hybridized carbons (Fsp3) is 0.263. The van der Waals surface area contributed by atoms with E-state index in [1.54, 1.807) is 0 Å². The maximum Gasteiger partial charge on any atom is 0.243 e. The van der Waals surface area contributed by atoms with Crippen LogP contribution < -0.4 is 14.9 Å². The van der Waals surface area contributed by atoms with Crippen LogP contribution in [-0.4, -0.2) is 18.4 Å². The first-order valence-electron chi connectivity index (χ1n) is 8.01. The van der Waals surface area contributed by atoms with Crippen molar-refractivity contribution in [2.45, 2.75) is 19.3 Å². The van der Waals surface area contributed by atoms with E-state index in [1.165, 1.54) is 5.56 Å². The molecular weight excluding hydrogens is 304 g/mol. The van der Waals surface area contributed by atoms with Gasteiger partial charge in [0.05, 0.1) is 5.71 Å². The zero-order valence-electron chi connectivity index (χ0n) is 13.4. The summed E-state index contributed by atoms with van der Waals surface area (Å²) in [6.07, 6.45) is 0.883. The lowest BCUT2D eigenvalue weighted by Gasteiger charge is -2.04. The molecule has 2 unspecified atom stereocenters. The third kappa shape index (κ3) is 2.85. The number of amides is 1. The minimum absolute atomic E-state index is 0.0145. The highest BCUT2D eigenvalue weighted by molar-refractivity contribution is 6.00. The molecule has 0 bridgehead atoms. The van der Waals surface area contributed by atoms with Crippen molar-refractivity contribution in [1.29, 1.82) is 0 Å². The standard InChI is InChI=1S/C19H18N2O3/c1-12(14-7-8-17-18(9-14)24-11-23-17)20-21-19(22)16-10-15(16)13-5-3-2-4-6-13/h2-9,15-16H,10-11H2,1H3,(H,21,22)/b20-12+. The third-order valence-electron chi connectivity index (χ3n) is 4.48. The molecular formula is C19H18N2O3. The van der Waals surface area contributed by atoms with Crippen molar-refractivity contribution in [1.82, 2.24) is 5.43 Å². The second-order valence-corrected chi connectivity index (χ2v) is 6.10. The van der Waals surface area contributed by atoms with Crippen LogP contribution in [0.5, 0.6) is 11.5 Å². The second-order valence-electron chi connectivity index (χ2n) is 6.10. The Morgan fingerprint density at radius 2 is 1.92 bits per heavy atom. The summed E-state index contributed by atoms with van der Waals surface area (Å²) in [5.41, 5.74) is 5.54. The first kappa shape index (κ1) is 14.8. The monoisotopic (exact) mass is 322 g/mol. The lowest BCUT2D eigenvalue weighted by molar-refractivity contribution is -0.122. The molecule has 0 radical (unpaired) electrons. The highest BCUT2D eigenvalue weighted by Gasteiger charge is 2.43. The largest absolute Gasteiger partial charge is 0.454 e. The van der Waals surface area contributed by atoms with E-state index >= 15 is 0 Å². The topological polar surface area (TPSA) is 59.9 Å². The molecule has 2 atom stereocenters. The van der Waals surface area contributed by atoms with Gasteiger partial charge in [-0.2, -0.15) is 5.10 Å². The Bertz CT molecular complexity index is 802. The molecule has 1 fully saturated rings. The molecule has 122 valence electrons. The van der Waals surface area contributed by atoms with E-state index in [4.69, 9.17) is 9.47 Å². The summed E-state index contributed by atoms with van der Waals surface area (Å²) >= 11 is 0. The molecule has 0 saturated heterocycles. The number of benzene rings is 2. The van der Waals surface area contributed by atoms with Crippen LogP contribution in [0.15, 0.2) is 53.6 Å². The Balaban J connectivity index is 1.39. The van der Waals surface area contributed by atoms with Crippen LogP contribution in [0.1, 0.15) is 30.4 Å². The minimum atomic E-state index is -0.0241. The van der Waals surface area contributed by atoms with Gasteiger partial charge >= 0.3 is 0 Å². The maximum atomic E-state index is 12.2. The smallest absolute Gasteiger partial charge is 0.243 e. The van der Waals surface area contributed by atoms with Crippen LogP contribution in [0.4, 0.5) is 0 Å². The Kier molecular flexibility index (Phi) is 3.69. The summed E-state index contributed by atoms with van der Waals surface area (Å²) in [5, 5.41) is 4.23. The molecule has 1 amide bonds. The SMILES string of the molecule is C/C(=N\NC(=O)C1CC1c1ccccc1)c1ccc2c(c1)OCO2. The number of nitrogens with zero attached hydrogens (tertiary/aromatic N) is 1. The van der Waals surface area contributed by atoms with E-state index in [0.29, 0.717) is 11.7 Å². The van der Waals surface area contributed by atoms with Crippen LogP contribution in [0.25, 0.3) is 0 Å². The van der Waals surface area contributed by atoms with Gasteiger partial charge in [-0.3, -0.25) is 4.79 Å². The lowest BCUT2D eigenvalue weighted by Crippen LogP contribution is -2.21. The zero-order chi connectivity index (χ0) is 16.5. The van der Waals surface area contributed by atoms with E-state index in [2.05, 4.69) is 22.7 Å². The molecule has 4 rings (SSSR count). The van der Waals surface area contributed by atoms with Crippen molar-refractivity contribution >= 4 is 11.6 Å². The molecule has 5 nitrogen and oxygen atoms in total. The van der Waals surface area contributed by atoms with Gasteiger partial charge < -0.3 is 9.47 Å². The summed E-state index contributed by atoms with van der Waals surface area (Å²) in [4.78, 5) is 12.2. The summed E-state index contributed by atoms with van der Waals surface area (Å²) in [6.45, 7) is 2.10. The molecule has 1 heterocycles. The number of hydrazone groups is 1. The fourth-order valence-electron chi connectivity index (χ4n) is 2.96. The molecule has 1 saturated carbocycles. The van der Waals surface area contributed by atoms with Crippen LogP contribution in [-0.2, 0) is 4.79 Å². The second kappa shape index (κ2) is 6.00. The molecule has 1 aliphatic carbocycles. The van der Waals surface area contributed by atoms with Crippen molar-refractivity contribution in [2.75, 3.05) is 6.79 Å². The summed E-state index contributed by atoms with van der Waals surface area (Å²) in [5.74, 6) is 1.75. The number of hydrogen-bond acceptors (Lipinski definition) is 4. The average molecular weight is 322 g/mol. The molecule has 2 aromatic rings. The summed E-state index contributed by atoms with van der Waals surface area (Å²) in [7, 11) is 0. The first-order chi connectivity index (χ1) is 11.7. The van der Waals surface area contributed by atoms with Gasteiger partial charge in [-0.05, 0) is 43.0 Å². The Hall–Kier alpha value is -2.82. The van der Waals surface area contributed by atoms with Gasteiger partial charge in [0, 0.05) is 11.5 Å². The van der Waals surface area contributed by atoms with Gasteiger partial charge in [0.1, 0.15) is 0 Å². The van der Waals surface area contributed by atoms with Crippen molar-refractivity contribution < 1.29 is 14.3 Å². The molecule has 24 heavy (non-hydrogen) atoms. The van der Waals surface area contributed by atoms with Gasteiger partial charge in [0.25, 0.3) is 0 Å². The highest BCUT2D eigenvalue weighted by Crippen LogP contribution is 2.47. The maximum absolute atomic E-state index is 12.2. The van der Waals surface area contributed by atoms with Crippen LogP contribution in [0, 0.1) is 5.92 Å². The van der Waals surface area contributed by atoms with E-state index < -0.39 is 0 Å². The van der Waals surface area contributed by atoms with Crippen LogP contribution in [0.2, 0.25) is 0 Å². The number of carbonyl (C=O) groups excluding carboxylic acids is 1. The van der Waals surface area contributed by atoms with Crippen LogP contribution in [0.3, 0.4) is 0 Å². The summed E-state index contributed by atoms with van der Waals surface area (Å²) in [6, 6.07) is 15.8. The first-order valence-corrected chi connectivity index (χ1v) is 8.01. The Morgan fingerprint density at radius 1 is 1.12 bits per heavy atom. The third-order valence-corrected chi connectivity index (χ3v) is 4.48. The number of fused-ring (bicyclic) bond motifs is 1. The fourth-order valence-corrected chi connectivity index (χ4v) is 2.96. The van der Waals surface area contributed by atoms with Crippen molar-refractivity contribution in [3.8, 4) is 11.5 Å². The number of rotatable bonds is 4. The van der Waals surface area contributed by atoms with Gasteiger partial charge in [-0.15, -0.1) is 0 Å². The quantitative estimate of drug-likeness (QED) is 0.695. The number of ether oxygens (including phenoxy) is 2. The van der Waals surface area contributed by atoms with Crippen molar-refractivity contribution in [2.24, 2.45) is 11.0 Å². The molecule has 2 aromatic carbocycles. The molecule has 5 heteroatoms. The molecule has 1 aliphatic heterocycles. The molecule has 0 spiro atoms. The Labute approximate surface area is 140 Å². The summed E-state index contributed by atoms with van der Waals surface area (Å²) < 4.78 is 10.7. The predicted molar refractivity (Wildman–Crippen MR) is 90.2 cm³/mol. The predicted octanol–water partition coefficient (Wildman–Crippen LogP) is 3.06. The number of hydrogen-bond donors (Lipinski definition) is 1. The molecule has 2 aliphatic rings. The molecule has 1 N–H and O–H groups in total. The van der Waals surface area contributed by atoms with E-state index in [0.717, 1.165) is 23.4 Å². The zero-order valence-corrected chi connectivity index (χ0v) is 13.4. The Morgan fingerprint density at radius 3 is 2.75 bits per heavy atom. The highest BCUT2D eigenvalue weighted by atomic mass is 16.7. The van der Waals surface area contributed by atoms with E-state index in [1.807, 2.05) is 43.3 Å². The van der Waals surface area contributed by atoms with E-state index in [9.17, 15) is 4.79 Å². The average Bonchev–Trinajstić information content (AvgIpc) is 3.29. The molecule has 0 aromatic heterocycles.